The van der Waals surface area contributed by atoms with Crippen LogP contribution < -0.4 is 0 Å². The minimum atomic E-state index is -1.56. The Morgan fingerprint density at radius 3 is 2.20 bits per heavy atom. The summed E-state index contributed by atoms with van der Waals surface area (Å²) in [7, 11) is 0. The van der Waals surface area contributed by atoms with Crippen LogP contribution in [0.4, 0.5) is 4.79 Å². The third kappa shape index (κ3) is 2.89. The Morgan fingerprint density at radius 1 is 2.00 bits per heavy atom. The first-order valence-corrected chi connectivity index (χ1v) is 0.851. The molecule has 0 atom stereocenters. The van der Waals surface area contributed by atoms with Gasteiger partial charge in [0.2, 0.25) is 5.39 Å². The van der Waals surface area contributed by atoms with E-state index in [1.807, 2.05) is 0 Å². The van der Waals surface area contributed by atoms with Gasteiger partial charge in [-0.05, 0) is 0 Å². The first-order chi connectivity index (χ1) is 2.27. The van der Waals surface area contributed by atoms with Gasteiger partial charge in [-0.25, -0.2) is 0 Å². The van der Waals surface area contributed by atoms with E-state index >= 15 is 0 Å². The molecule has 4 heteroatoms. The molecule has 0 aliphatic heterocycles. The summed E-state index contributed by atoms with van der Waals surface area (Å²) in [5, 5.41) is 14.5. The zero-order valence-electron chi connectivity index (χ0n) is 2.25. The Morgan fingerprint density at radius 2 is 2.20 bits per heavy atom. The molecule has 1 amide bonds. The van der Waals surface area contributed by atoms with Crippen LogP contribution in [0.5, 0.6) is 0 Å². The molecule has 0 aromatic carbocycles. The van der Waals surface area contributed by atoms with E-state index in [2.05, 4.69) is 0 Å². The molecule has 26 valence electrons. The summed E-state index contributed by atoms with van der Waals surface area (Å²) < 4.78 is 0. The van der Waals surface area contributed by atoms with Gasteiger partial charge in [-0.3, -0.25) is 0 Å². The van der Waals surface area contributed by atoms with E-state index in [4.69, 9.17) is 15.3 Å². The molecule has 0 heterocycles. The maximum atomic E-state index is 8.95. The summed E-state index contributed by atoms with van der Waals surface area (Å²) in [5.41, 5.74) is 0. The largest absolute Gasteiger partial charge is 0.769 e. The summed E-state index contributed by atoms with van der Waals surface area (Å²) in [4.78, 5) is 10.8. The SMILES string of the molecule is N#[N+]C(=O)O. The van der Waals surface area contributed by atoms with Gasteiger partial charge in [0.25, 0.3) is 4.98 Å². The first-order valence-electron chi connectivity index (χ1n) is 0.851. The van der Waals surface area contributed by atoms with Gasteiger partial charge in [-0.2, -0.15) is 4.79 Å². The van der Waals surface area contributed by atoms with E-state index in [0.29, 0.717) is 0 Å². The highest BCUT2D eigenvalue weighted by molar-refractivity contribution is 5.74. The molecule has 0 fully saturated rings. The second-order valence-electron chi connectivity index (χ2n) is 0.383. The monoisotopic (exact) mass is 73.0 g/mol. The Balaban J connectivity index is 3.35. The van der Waals surface area contributed by atoms with Gasteiger partial charge < -0.3 is 5.11 Å². The van der Waals surface area contributed by atoms with E-state index in [1.54, 1.807) is 4.98 Å². The smallest absolute Gasteiger partial charge is 0.410 e. The third-order valence-electron chi connectivity index (χ3n) is 0.0855. The molecule has 0 radical (unpaired) electrons. The van der Waals surface area contributed by atoms with Crippen molar-refractivity contribution in [1.29, 1.82) is 5.39 Å². The van der Waals surface area contributed by atoms with Crippen LogP contribution in [-0.2, 0) is 0 Å². The minimum Gasteiger partial charge on any atom is -0.410 e. The highest BCUT2D eigenvalue weighted by Crippen LogP contribution is 1.60. The summed E-state index contributed by atoms with van der Waals surface area (Å²) in [6.07, 6.45) is -1.56. The lowest BCUT2D eigenvalue weighted by Crippen LogP contribution is -1.74. The van der Waals surface area contributed by atoms with E-state index in [0.717, 1.165) is 0 Å². The lowest BCUT2D eigenvalue weighted by molar-refractivity contribution is 0.212. The number of carboxylic acid groups (broad SMARTS) is 1. The molecule has 0 aromatic rings. The van der Waals surface area contributed by atoms with Gasteiger partial charge in [-0.15, -0.1) is 0 Å². The van der Waals surface area contributed by atoms with Crippen molar-refractivity contribution >= 4 is 6.09 Å². The van der Waals surface area contributed by atoms with Gasteiger partial charge in [0, 0.05) is 0 Å². The molecule has 0 unspecified atom stereocenters. The fourth-order valence-corrected chi connectivity index (χ4v) is 0. The lowest BCUT2D eigenvalue weighted by atomic mass is 11.3. The maximum absolute atomic E-state index is 8.95. The van der Waals surface area contributed by atoms with Crippen LogP contribution in [0.3, 0.4) is 0 Å². The fraction of sp³-hybridized carbons (Fsp3) is 0. The van der Waals surface area contributed by atoms with Gasteiger partial charge in [-0.1, -0.05) is 0 Å². The Kier molecular flexibility index (Phi) is 0.962. The molecule has 0 rings (SSSR count). The quantitative estimate of drug-likeness (QED) is 0.425. The molecule has 0 saturated heterocycles. The van der Waals surface area contributed by atoms with E-state index in [9.17, 15) is 0 Å². The number of hydrogen-bond donors (Lipinski definition) is 1. The highest BCUT2D eigenvalue weighted by atomic mass is 16.4. The molecule has 0 spiro atoms. The number of rotatable bonds is 0. The van der Waals surface area contributed by atoms with Crippen molar-refractivity contribution < 1.29 is 9.90 Å². The second kappa shape index (κ2) is 1.24. The van der Waals surface area contributed by atoms with E-state index in [1.165, 1.54) is 0 Å². The topological polar surface area (TPSA) is 65.5 Å². The number of amides is 1. The van der Waals surface area contributed by atoms with Crippen molar-refractivity contribution in [1.82, 2.24) is 0 Å². The zero-order valence-corrected chi connectivity index (χ0v) is 2.25. The average molecular weight is 73.0 g/mol. The standard InChI is InChI=1S/CN2O2/c2-3-1(4)5/p+1. The summed E-state index contributed by atoms with van der Waals surface area (Å²) in [5.74, 6) is 0. The normalized spacial score (nSPS) is 5.40. The van der Waals surface area contributed by atoms with Crippen molar-refractivity contribution in [3.8, 4) is 0 Å². The maximum Gasteiger partial charge on any atom is 0.769 e. The zero-order chi connectivity index (χ0) is 4.28. The molecule has 1 N–H and O–H groups in total. The van der Waals surface area contributed by atoms with Gasteiger partial charge in [0.15, 0.2) is 0 Å². The Hall–Kier alpha value is -1.11. The molecule has 4 nitrogen and oxygen atoms in total. The Labute approximate surface area is 27.7 Å². The van der Waals surface area contributed by atoms with Crippen LogP contribution in [0.2, 0.25) is 0 Å². The minimum absolute atomic E-state index is 1.56. The number of diazo groups is 1. The molecule has 0 aliphatic rings. The van der Waals surface area contributed by atoms with Gasteiger partial charge in [0.05, 0.1) is 0 Å². The molecule has 0 aromatic heterocycles. The molecule has 0 aliphatic carbocycles. The van der Waals surface area contributed by atoms with Crippen molar-refractivity contribution in [2.24, 2.45) is 0 Å². The van der Waals surface area contributed by atoms with Crippen molar-refractivity contribution in [3.05, 3.63) is 4.98 Å². The fourth-order valence-electron chi connectivity index (χ4n) is 0. The predicted molar refractivity (Wildman–Crippen MR) is 13.1 cm³/mol. The second-order valence-corrected chi connectivity index (χ2v) is 0.383. The van der Waals surface area contributed by atoms with Crippen molar-refractivity contribution in [3.63, 3.8) is 0 Å². The van der Waals surface area contributed by atoms with E-state index < -0.39 is 6.09 Å². The number of carbonyl (C=O) groups is 1. The first kappa shape index (κ1) is 3.89. The third-order valence-corrected chi connectivity index (χ3v) is 0.0855. The summed E-state index contributed by atoms with van der Waals surface area (Å²) in [6, 6.07) is 0. The van der Waals surface area contributed by atoms with E-state index in [-0.39, 0.29) is 0 Å². The van der Waals surface area contributed by atoms with Crippen LogP contribution in [0.25, 0.3) is 4.98 Å². The number of nitrogens with zero attached hydrogens (tertiary/aromatic N) is 2. The van der Waals surface area contributed by atoms with Gasteiger partial charge in [0.1, 0.15) is 0 Å². The Bertz CT molecular complexity index is 80.1. The van der Waals surface area contributed by atoms with Crippen LogP contribution in [0.15, 0.2) is 0 Å². The highest BCUT2D eigenvalue weighted by Gasteiger charge is 2.04. The predicted octanol–water partition coefficient (Wildman–Crippen LogP) is 0.517. The molecular formula is CHN2O2+. The van der Waals surface area contributed by atoms with Gasteiger partial charge >= 0.3 is 6.09 Å². The summed E-state index contributed by atoms with van der Waals surface area (Å²) in [6.45, 7) is 0. The molecule has 0 saturated carbocycles. The van der Waals surface area contributed by atoms with Crippen LogP contribution in [0, 0.1) is 5.39 Å². The molecular weight excluding hydrogens is 72.0 g/mol. The van der Waals surface area contributed by atoms with Crippen molar-refractivity contribution in [2.75, 3.05) is 0 Å². The summed E-state index contributed by atoms with van der Waals surface area (Å²) >= 11 is 0. The van der Waals surface area contributed by atoms with Crippen molar-refractivity contribution in [2.45, 2.75) is 0 Å². The lowest BCUT2D eigenvalue weighted by Gasteiger charge is -1.37. The van der Waals surface area contributed by atoms with Crippen LogP contribution >= 0.6 is 0 Å². The number of hydrogen-bond acceptors (Lipinski definition) is 2. The molecule has 0 bridgehead atoms. The average Bonchev–Trinajstić information content (AvgIpc) is 1.38. The van der Waals surface area contributed by atoms with Crippen LogP contribution in [0.1, 0.15) is 0 Å². The van der Waals surface area contributed by atoms with Crippen LogP contribution in [-0.4, -0.2) is 11.2 Å². The molecule has 5 heavy (non-hydrogen) atoms.